The molecule has 2 aromatic carbocycles. The summed E-state index contributed by atoms with van der Waals surface area (Å²) in [5.74, 6) is 2.61. The molecule has 1 aliphatic heterocycles. The van der Waals surface area contributed by atoms with Crippen molar-refractivity contribution in [2.75, 3.05) is 24.8 Å². The van der Waals surface area contributed by atoms with E-state index in [1.54, 1.807) is 11.8 Å². The molecule has 1 saturated heterocycles. The second-order valence-electron chi connectivity index (χ2n) is 4.89. The SMILES string of the molecule is O=C(NCCOc1cccc2ccccc12)C1CSCN1. The van der Waals surface area contributed by atoms with Gasteiger partial charge in [0.15, 0.2) is 0 Å². The van der Waals surface area contributed by atoms with Gasteiger partial charge >= 0.3 is 0 Å². The molecular weight excluding hydrogens is 284 g/mol. The highest BCUT2D eigenvalue weighted by Crippen LogP contribution is 2.24. The lowest BCUT2D eigenvalue weighted by atomic mass is 10.1. The highest BCUT2D eigenvalue weighted by Gasteiger charge is 2.21. The van der Waals surface area contributed by atoms with Crippen molar-refractivity contribution in [2.24, 2.45) is 0 Å². The Morgan fingerprint density at radius 2 is 2.14 bits per heavy atom. The van der Waals surface area contributed by atoms with E-state index in [1.807, 2.05) is 30.3 Å². The number of thioether (sulfide) groups is 1. The molecule has 0 saturated carbocycles. The van der Waals surface area contributed by atoms with Crippen LogP contribution in [-0.2, 0) is 4.79 Å². The highest BCUT2D eigenvalue weighted by atomic mass is 32.2. The summed E-state index contributed by atoms with van der Waals surface area (Å²) in [6.07, 6.45) is 0. The average molecular weight is 302 g/mol. The topological polar surface area (TPSA) is 50.4 Å². The van der Waals surface area contributed by atoms with Crippen LogP contribution in [0.1, 0.15) is 0 Å². The maximum absolute atomic E-state index is 11.8. The van der Waals surface area contributed by atoms with Gasteiger partial charge in [-0.1, -0.05) is 36.4 Å². The third kappa shape index (κ3) is 3.49. The van der Waals surface area contributed by atoms with Crippen molar-refractivity contribution in [3.63, 3.8) is 0 Å². The van der Waals surface area contributed by atoms with Crippen LogP contribution in [0.25, 0.3) is 10.8 Å². The minimum Gasteiger partial charge on any atom is -0.491 e. The van der Waals surface area contributed by atoms with Crippen molar-refractivity contribution in [1.82, 2.24) is 10.6 Å². The summed E-state index contributed by atoms with van der Waals surface area (Å²) in [4.78, 5) is 11.8. The van der Waals surface area contributed by atoms with E-state index >= 15 is 0 Å². The van der Waals surface area contributed by atoms with Crippen LogP contribution in [0.3, 0.4) is 0 Å². The molecule has 1 unspecified atom stereocenters. The summed E-state index contributed by atoms with van der Waals surface area (Å²) >= 11 is 1.74. The fourth-order valence-corrected chi connectivity index (χ4v) is 3.29. The van der Waals surface area contributed by atoms with Crippen molar-refractivity contribution < 1.29 is 9.53 Å². The molecule has 0 aliphatic carbocycles. The molecule has 1 fully saturated rings. The van der Waals surface area contributed by atoms with Crippen LogP contribution in [0.4, 0.5) is 0 Å². The van der Waals surface area contributed by atoms with Gasteiger partial charge in [0.05, 0.1) is 12.6 Å². The van der Waals surface area contributed by atoms with Crippen LogP contribution < -0.4 is 15.4 Å². The van der Waals surface area contributed by atoms with E-state index in [0.29, 0.717) is 13.2 Å². The predicted octanol–water partition coefficient (Wildman–Crippen LogP) is 2.00. The Kier molecular flexibility index (Phi) is 4.62. The van der Waals surface area contributed by atoms with Crippen LogP contribution in [0.5, 0.6) is 5.75 Å². The largest absolute Gasteiger partial charge is 0.491 e. The van der Waals surface area contributed by atoms with Crippen molar-refractivity contribution in [2.45, 2.75) is 6.04 Å². The van der Waals surface area contributed by atoms with Gasteiger partial charge in [0.25, 0.3) is 0 Å². The molecule has 2 aromatic rings. The van der Waals surface area contributed by atoms with Crippen LogP contribution in [0.2, 0.25) is 0 Å². The van der Waals surface area contributed by atoms with Crippen LogP contribution in [0, 0.1) is 0 Å². The molecule has 2 N–H and O–H groups in total. The minimum absolute atomic E-state index is 0.0570. The van der Waals surface area contributed by atoms with Gasteiger partial charge < -0.3 is 10.1 Å². The molecule has 1 amide bonds. The van der Waals surface area contributed by atoms with Crippen molar-refractivity contribution in [3.8, 4) is 5.75 Å². The van der Waals surface area contributed by atoms with Gasteiger partial charge in [-0.15, -0.1) is 11.8 Å². The number of nitrogens with one attached hydrogen (secondary N) is 2. The lowest BCUT2D eigenvalue weighted by molar-refractivity contribution is -0.122. The number of amides is 1. The number of hydrogen-bond acceptors (Lipinski definition) is 4. The molecule has 0 bridgehead atoms. The molecule has 0 aromatic heterocycles. The number of ether oxygens (including phenoxy) is 1. The summed E-state index contributed by atoms with van der Waals surface area (Å²) < 4.78 is 5.79. The molecule has 5 heteroatoms. The normalized spacial score (nSPS) is 17.8. The van der Waals surface area contributed by atoms with E-state index in [-0.39, 0.29) is 11.9 Å². The van der Waals surface area contributed by atoms with E-state index in [9.17, 15) is 4.79 Å². The fourth-order valence-electron chi connectivity index (χ4n) is 2.34. The van der Waals surface area contributed by atoms with Crippen LogP contribution >= 0.6 is 11.8 Å². The van der Waals surface area contributed by atoms with Crippen molar-refractivity contribution in [3.05, 3.63) is 42.5 Å². The van der Waals surface area contributed by atoms with Crippen LogP contribution in [0.15, 0.2) is 42.5 Å². The maximum Gasteiger partial charge on any atom is 0.238 e. The van der Waals surface area contributed by atoms with Gasteiger partial charge in [-0.3, -0.25) is 10.1 Å². The number of benzene rings is 2. The summed E-state index contributed by atoms with van der Waals surface area (Å²) in [5.41, 5.74) is 0. The summed E-state index contributed by atoms with van der Waals surface area (Å²) in [5, 5.41) is 8.31. The standard InChI is InChI=1S/C16H18N2O2S/c19-16(14-10-21-11-18-14)17-8-9-20-15-7-3-5-12-4-1-2-6-13(12)15/h1-7,14,18H,8-11H2,(H,17,19). The Labute approximate surface area is 128 Å². The first kappa shape index (κ1) is 14.2. The first-order valence-electron chi connectivity index (χ1n) is 7.04. The summed E-state index contributed by atoms with van der Waals surface area (Å²) in [6.45, 7) is 0.991. The summed E-state index contributed by atoms with van der Waals surface area (Å²) in [7, 11) is 0. The molecule has 21 heavy (non-hydrogen) atoms. The predicted molar refractivity (Wildman–Crippen MR) is 86.7 cm³/mol. The fraction of sp³-hybridized carbons (Fsp3) is 0.312. The third-order valence-corrected chi connectivity index (χ3v) is 4.38. The minimum atomic E-state index is -0.0624. The van der Waals surface area contributed by atoms with Gasteiger partial charge in [-0.2, -0.15) is 0 Å². The Bertz CT molecular complexity index is 621. The Morgan fingerprint density at radius 3 is 3.00 bits per heavy atom. The van der Waals surface area contributed by atoms with Crippen molar-refractivity contribution >= 4 is 28.4 Å². The van der Waals surface area contributed by atoms with Crippen molar-refractivity contribution in [1.29, 1.82) is 0 Å². The number of hydrogen-bond donors (Lipinski definition) is 2. The zero-order chi connectivity index (χ0) is 14.5. The molecule has 3 rings (SSSR count). The summed E-state index contributed by atoms with van der Waals surface area (Å²) in [6, 6.07) is 14.1. The second kappa shape index (κ2) is 6.83. The van der Waals surface area contributed by atoms with Gasteiger partial charge in [0, 0.05) is 17.0 Å². The monoisotopic (exact) mass is 302 g/mol. The number of rotatable bonds is 5. The lowest BCUT2D eigenvalue weighted by Crippen LogP contribution is -2.43. The maximum atomic E-state index is 11.8. The third-order valence-electron chi connectivity index (χ3n) is 3.44. The zero-order valence-electron chi connectivity index (χ0n) is 11.7. The Morgan fingerprint density at radius 1 is 1.29 bits per heavy atom. The second-order valence-corrected chi connectivity index (χ2v) is 5.92. The molecule has 0 radical (unpaired) electrons. The van der Waals surface area contributed by atoms with E-state index < -0.39 is 0 Å². The molecule has 1 aliphatic rings. The van der Waals surface area contributed by atoms with Gasteiger partial charge in [-0.25, -0.2) is 0 Å². The highest BCUT2D eigenvalue weighted by molar-refractivity contribution is 7.99. The smallest absolute Gasteiger partial charge is 0.238 e. The molecule has 0 spiro atoms. The molecular formula is C16H18N2O2S. The first-order valence-corrected chi connectivity index (χ1v) is 8.19. The quantitative estimate of drug-likeness (QED) is 0.830. The zero-order valence-corrected chi connectivity index (χ0v) is 12.5. The average Bonchev–Trinajstić information content (AvgIpc) is 3.06. The van der Waals surface area contributed by atoms with Gasteiger partial charge in [-0.05, 0) is 11.5 Å². The van der Waals surface area contributed by atoms with Gasteiger partial charge in [0.2, 0.25) is 5.91 Å². The number of carbonyl (C=O) groups is 1. The lowest BCUT2D eigenvalue weighted by Gasteiger charge is -2.12. The molecule has 4 nitrogen and oxygen atoms in total. The molecule has 110 valence electrons. The Balaban J connectivity index is 1.51. The Hall–Kier alpha value is -1.72. The number of carbonyl (C=O) groups excluding carboxylic acids is 1. The van der Waals surface area contributed by atoms with Crippen LogP contribution in [-0.4, -0.2) is 36.7 Å². The number of fused-ring (bicyclic) bond motifs is 1. The van der Waals surface area contributed by atoms with E-state index in [0.717, 1.165) is 28.2 Å². The van der Waals surface area contributed by atoms with E-state index in [2.05, 4.69) is 22.8 Å². The van der Waals surface area contributed by atoms with E-state index in [1.165, 1.54) is 0 Å². The van der Waals surface area contributed by atoms with Gasteiger partial charge in [0.1, 0.15) is 12.4 Å². The van der Waals surface area contributed by atoms with E-state index in [4.69, 9.17) is 4.74 Å². The first-order chi connectivity index (χ1) is 10.3. The molecule has 1 atom stereocenters. The molecule has 1 heterocycles.